The van der Waals surface area contributed by atoms with Crippen LogP contribution in [0.4, 0.5) is 5.69 Å². The molecule has 0 saturated carbocycles. The monoisotopic (exact) mass is 410 g/mol. The average molecular weight is 411 g/mol. The first-order valence-electron chi connectivity index (χ1n) is 11.6. The highest BCUT2D eigenvalue weighted by molar-refractivity contribution is 6.10. The standard InChI is InChI=1S/C29H34N2/c1-28(2,3)19-12-14-26-22(17-19)23-18-20(29(4,5)6)13-15-27(23)31(26)25-11-7-10-24-21(25)9-8-16-30-24/h7,10-15,17-18,30H,8-9,16H2,1-6H3. The van der Waals surface area contributed by atoms with Gasteiger partial charge in [-0.1, -0.05) is 59.7 Å². The number of nitrogens with one attached hydrogen (secondary N) is 1. The van der Waals surface area contributed by atoms with Crippen LogP contribution in [0.1, 0.15) is 64.7 Å². The molecule has 1 N–H and O–H groups in total. The van der Waals surface area contributed by atoms with Gasteiger partial charge in [-0.2, -0.15) is 0 Å². The minimum Gasteiger partial charge on any atom is -0.385 e. The van der Waals surface area contributed by atoms with Crippen molar-refractivity contribution in [1.82, 2.24) is 4.57 Å². The SMILES string of the molecule is CC(C)(C)c1ccc2c(c1)c1cc(C(C)(C)C)ccc1n2-c1cccc2c1CCCN2. The maximum Gasteiger partial charge on any atom is 0.0541 e. The van der Waals surface area contributed by atoms with E-state index in [1.165, 1.54) is 56.3 Å². The van der Waals surface area contributed by atoms with Crippen molar-refractivity contribution in [3.63, 3.8) is 0 Å². The Morgan fingerprint density at radius 3 is 1.87 bits per heavy atom. The molecule has 0 unspecified atom stereocenters. The summed E-state index contributed by atoms with van der Waals surface area (Å²) < 4.78 is 2.50. The number of hydrogen-bond acceptors (Lipinski definition) is 1. The van der Waals surface area contributed by atoms with Crippen LogP contribution in [0.3, 0.4) is 0 Å². The lowest BCUT2D eigenvalue weighted by molar-refractivity contribution is 0.590. The molecule has 0 bridgehead atoms. The van der Waals surface area contributed by atoms with Gasteiger partial charge < -0.3 is 9.88 Å². The predicted molar refractivity (Wildman–Crippen MR) is 135 cm³/mol. The van der Waals surface area contributed by atoms with Crippen molar-refractivity contribution in [3.05, 3.63) is 71.3 Å². The molecular weight excluding hydrogens is 376 g/mol. The number of hydrogen-bond donors (Lipinski definition) is 1. The minimum absolute atomic E-state index is 0.125. The van der Waals surface area contributed by atoms with E-state index < -0.39 is 0 Å². The fraction of sp³-hybridized carbons (Fsp3) is 0.379. The van der Waals surface area contributed by atoms with Crippen LogP contribution in [0.2, 0.25) is 0 Å². The quantitative estimate of drug-likeness (QED) is 0.339. The normalized spacial score (nSPS) is 14.6. The number of nitrogens with zero attached hydrogens (tertiary/aromatic N) is 1. The number of benzene rings is 3. The van der Waals surface area contributed by atoms with Crippen molar-refractivity contribution >= 4 is 27.5 Å². The zero-order valence-electron chi connectivity index (χ0n) is 19.8. The molecule has 0 amide bonds. The topological polar surface area (TPSA) is 17.0 Å². The third-order valence-corrected chi connectivity index (χ3v) is 6.81. The zero-order valence-corrected chi connectivity index (χ0v) is 19.8. The highest BCUT2D eigenvalue weighted by Gasteiger charge is 2.22. The van der Waals surface area contributed by atoms with Crippen molar-refractivity contribution < 1.29 is 0 Å². The van der Waals surface area contributed by atoms with Gasteiger partial charge in [0.15, 0.2) is 0 Å². The van der Waals surface area contributed by atoms with E-state index in [4.69, 9.17) is 0 Å². The number of fused-ring (bicyclic) bond motifs is 4. The van der Waals surface area contributed by atoms with Crippen LogP contribution < -0.4 is 5.32 Å². The zero-order chi connectivity index (χ0) is 22.0. The first kappa shape index (κ1) is 20.2. The fourth-order valence-electron chi connectivity index (χ4n) is 4.92. The van der Waals surface area contributed by atoms with E-state index >= 15 is 0 Å². The van der Waals surface area contributed by atoms with Crippen molar-refractivity contribution in [1.29, 1.82) is 0 Å². The molecule has 0 radical (unpaired) electrons. The van der Waals surface area contributed by atoms with Gasteiger partial charge in [-0.05, 0) is 76.8 Å². The Morgan fingerprint density at radius 2 is 1.32 bits per heavy atom. The van der Waals surface area contributed by atoms with Crippen LogP contribution >= 0.6 is 0 Å². The average Bonchev–Trinajstić information content (AvgIpc) is 3.05. The summed E-state index contributed by atoms with van der Waals surface area (Å²) in [7, 11) is 0. The van der Waals surface area contributed by atoms with E-state index in [2.05, 4.69) is 106 Å². The summed E-state index contributed by atoms with van der Waals surface area (Å²) in [6.07, 6.45) is 2.31. The van der Waals surface area contributed by atoms with Crippen LogP contribution in [-0.4, -0.2) is 11.1 Å². The highest BCUT2D eigenvalue weighted by Crippen LogP contribution is 2.39. The summed E-state index contributed by atoms with van der Waals surface area (Å²) in [5.41, 5.74) is 9.66. The third kappa shape index (κ3) is 3.33. The van der Waals surface area contributed by atoms with Gasteiger partial charge in [-0.15, -0.1) is 0 Å². The summed E-state index contributed by atoms with van der Waals surface area (Å²) in [6.45, 7) is 14.9. The molecule has 2 heterocycles. The molecule has 0 aliphatic carbocycles. The molecule has 4 aromatic rings. The highest BCUT2D eigenvalue weighted by atomic mass is 15.0. The van der Waals surface area contributed by atoms with Crippen molar-refractivity contribution in [2.45, 2.75) is 65.2 Å². The molecule has 1 aromatic heterocycles. The fourth-order valence-corrected chi connectivity index (χ4v) is 4.92. The maximum atomic E-state index is 3.61. The summed E-state index contributed by atoms with van der Waals surface area (Å²) in [5.74, 6) is 0. The summed E-state index contributed by atoms with van der Waals surface area (Å²) in [5, 5.41) is 6.32. The molecule has 0 atom stereocenters. The molecular formula is C29H34N2. The molecule has 1 aliphatic rings. The summed E-state index contributed by atoms with van der Waals surface area (Å²) >= 11 is 0. The first-order chi connectivity index (χ1) is 14.6. The second kappa shape index (κ2) is 6.88. The van der Waals surface area contributed by atoms with Crippen LogP contribution in [0.25, 0.3) is 27.5 Å². The lowest BCUT2D eigenvalue weighted by Crippen LogP contribution is -2.14. The van der Waals surface area contributed by atoms with Gasteiger partial charge in [0, 0.05) is 23.0 Å². The van der Waals surface area contributed by atoms with E-state index in [0.29, 0.717) is 0 Å². The summed E-state index contributed by atoms with van der Waals surface area (Å²) in [4.78, 5) is 0. The third-order valence-electron chi connectivity index (χ3n) is 6.81. The van der Waals surface area contributed by atoms with Crippen molar-refractivity contribution in [2.24, 2.45) is 0 Å². The lowest BCUT2D eigenvalue weighted by atomic mass is 9.85. The number of anilines is 1. The molecule has 0 spiro atoms. The van der Waals surface area contributed by atoms with Crippen LogP contribution in [0.5, 0.6) is 0 Å². The second-order valence-electron chi connectivity index (χ2n) is 11.1. The summed E-state index contributed by atoms with van der Waals surface area (Å²) in [6, 6.07) is 20.9. The lowest BCUT2D eigenvalue weighted by Gasteiger charge is -2.23. The van der Waals surface area contributed by atoms with E-state index in [0.717, 1.165) is 13.0 Å². The Hall–Kier alpha value is -2.74. The van der Waals surface area contributed by atoms with Gasteiger partial charge in [0.1, 0.15) is 0 Å². The number of aromatic nitrogens is 1. The van der Waals surface area contributed by atoms with Crippen LogP contribution in [0.15, 0.2) is 54.6 Å². The van der Waals surface area contributed by atoms with Crippen LogP contribution in [0, 0.1) is 0 Å². The predicted octanol–water partition coefficient (Wildman–Crippen LogP) is 7.74. The van der Waals surface area contributed by atoms with Gasteiger partial charge in [0.2, 0.25) is 0 Å². The van der Waals surface area contributed by atoms with Crippen molar-refractivity contribution in [2.75, 3.05) is 11.9 Å². The Balaban J connectivity index is 1.88. The largest absolute Gasteiger partial charge is 0.385 e. The van der Waals surface area contributed by atoms with Gasteiger partial charge >= 0.3 is 0 Å². The van der Waals surface area contributed by atoms with E-state index in [1.807, 2.05) is 0 Å². The molecule has 1 aliphatic heterocycles. The smallest absolute Gasteiger partial charge is 0.0541 e. The van der Waals surface area contributed by atoms with Crippen LogP contribution in [-0.2, 0) is 17.3 Å². The first-order valence-corrected chi connectivity index (χ1v) is 11.6. The van der Waals surface area contributed by atoms with Crippen molar-refractivity contribution in [3.8, 4) is 5.69 Å². The molecule has 2 heteroatoms. The minimum atomic E-state index is 0.125. The van der Waals surface area contributed by atoms with E-state index in [9.17, 15) is 0 Å². The second-order valence-corrected chi connectivity index (χ2v) is 11.1. The Labute approximate surface area is 186 Å². The number of rotatable bonds is 1. The molecule has 2 nitrogen and oxygen atoms in total. The van der Waals surface area contributed by atoms with Gasteiger partial charge in [0.05, 0.1) is 16.7 Å². The van der Waals surface area contributed by atoms with Gasteiger partial charge in [-0.3, -0.25) is 0 Å². The van der Waals surface area contributed by atoms with Gasteiger partial charge in [0.25, 0.3) is 0 Å². The Morgan fingerprint density at radius 1 is 0.742 bits per heavy atom. The molecule has 31 heavy (non-hydrogen) atoms. The maximum absolute atomic E-state index is 3.61. The van der Waals surface area contributed by atoms with Gasteiger partial charge in [-0.25, -0.2) is 0 Å². The molecule has 3 aromatic carbocycles. The molecule has 0 fully saturated rings. The molecule has 160 valence electrons. The Kier molecular flexibility index (Phi) is 4.48. The molecule has 0 saturated heterocycles. The Bertz CT molecular complexity index is 1220. The molecule has 5 rings (SSSR count). The van der Waals surface area contributed by atoms with E-state index in [-0.39, 0.29) is 10.8 Å². The van der Waals surface area contributed by atoms with E-state index in [1.54, 1.807) is 0 Å².